The quantitative estimate of drug-likeness (QED) is 0.482. The molecule has 3 aliphatic carbocycles. The smallest absolute Gasteiger partial charge is 0.302 e. The van der Waals surface area contributed by atoms with Crippen molar-refractivity contribution < 1.29 is 19.1 Å². The van der Waals surface area contributed by atoms with Crippen molar-refractivity contribution in [1.82, 2.24) is 0 Å². The molecule has 0 bridgehead atoms. The number of hydrogen-bond donors (Lipinski definition) is 0. The lowest BCUT2D eigenvalue weighted by Crippen LogP contribution is -2.51. The lowest BCUT2D eigenvalue weighted by molar-refractivity contribution is -0.160. The van der Waals surface area contributed by atoms with Gasteiger partial charge in [0.05, 0.1) is 6.61 Å². The van der Waals surface area contributed by atoms with Gasteiger partial charge in [0, 0.05) is 19.8 Å². The molecule has 0 aromatic carbocycles. The van der Waals surface area contributed by atoms with E-state index in [1.165, 1.54) is 45.1 Å². The van der Waals surface area contributed by atoms with Gasteiger partial charge in [-0.15, -0.1) is 0 Å². The van der Waals surface area contributed by atoms with Crippen molar-refractivity contribution in [2.24, 2.45) is 34.5 Å². The molecule has 3 saturated carbocycles. The van der Waals surface area contributed by atoms with Crippen LogP contribution in [-0.4, -0.2) is 24.6 Å². The van der Waals surface area contributed by atoms with Gasteiger partial charge in [-0.2, -0.15) is 0 Å². The zero-order valence-electron chi connectivity index (χ0n) is 18.4. The summed E-state index contributed by atoms with van der Waals surface area (Å²) in [5.74, 6) is 1.73. The predicted molar refractivity (Wildman–Crippen MR) is 109 cm³/mol. The molecule has 0 aromatic rings. The molecule has 3 aliphatic rings. The summed E-state index contributed by atoms with van der Waals surface area (Å²) in [4.78, 5) is 23.0. The normalized spacial score (nSPS) is 43.3. The molecule has 0 amide bonds. The Morgan fingerprint density at radius 3 is 2.43 bits per heavy atom. The summed E-state index contributed by atoms with van der Waals surface area (Å²) in [6.45, 7) is 15.0. The van der Waals surface area contributed by atoms with Crippen LogP contribution >= 0.6 is 0 Å². The largest absolute Gasteiger partial charge is 0.466 e. The third-order valence-corrected chi connectivity index (χ3v) is 8.78. The summed E-state index contributed by atoms with van der Waals surface area (Å²) in [6.07, 6.45) is 7.52. The highest BCUT2D eigenvalue weighted by Crippen LogP contribution is 2.63. The minimum Gasteiger partial charge on any atom is -0.466 e. The number of carbonyl (C=O) groups excluding carboxylic acids is 2. The second-order valence-corrected chi connectivity index (χ2v) is 10.2. The predicted octanol–water partition coefficient (Wildman–Crippen LogP) is 5.31. The van der Waals surface area contributed by atoms with Crippen LogP contribution in [0.5, 0.6) is 0 Å². The molecule has 0 aliphatic heterocycles. The van der Waals surface area contributed by atoms with E-state index in [1.54, 1.807) is 0 Å². The zero-order valence-corrected chi connectivity index (χ0v) is 18.4. The summed E-state index contributed by atoms with van der Waals surface area (Å²) in [5.41, 5.74) is 1.85. The molecule has 4 heteroatoms. The first-order chi connectivity index (χ1) is 13.1. The Morgan fingerprint density at radius 1 is 1.07 bits per heavy atom. The van der Waals surface area contributed by atoms with Gasteiger partial charge in [0.25, 0.3) is 0 Å². The van der Waals surface area contributed by atoms with Crippen molar-refractivity contribution >= 4 is 11.9 Å². The lowest BCUT2D eigenvalue weighted by atomic mass is 9.49. The fraction of sp³-hybridized carbons (Fsp3) is 0.833. The van der Waals surface area contributed by atoms with Crippen molar-refractivity contribution in [2.45, 2.75) is 85.7 Å². The lowest BCUT2D eigenvalue weighted by Gasteiger charge is -2.56. The maximum Gasteiger partial charge on any atom is 0.302 e. The Hall–Kier alpha value is -1.32. The van der Waals surface area contributed by atoms with Gasteiger partial charge >= 0.3 is 11.9 Å². The van der Waals surface area contributed by atoms with Gasteiger partial charge in [0.1, 0.15) is 6.10 Å². The van der Waals surface area contributed by atoms with Crippen LogP contribution < -0.4 is 0 Å². The third kappa shape index (κ3) is 3.76. The van der Waals surface area contributed by atoms with Crippen LogP contribution in [0.1, 0.15) is 79.6 Å². The number of hydrogen-bond acceptors (Lipinski definition) is 4. The van der Waals surface area contributed by atoms with E-state index in [-0.39, 0.29) is 29.4 Å². The average molecular weight is 391 g/mol. The van der Waals surface area contributed by atoms with E-state index in [0.717, 1.165) is 19.3 Å². The molecule has 0 saturated heterocycles. The second-order valence-electron chi connectivity index (χ2n) is 10.2. The molecular formula is C24H38O4. The first kappa shape index (κ1) is 21.4. The molecule has 3 rings (SSSR count). The van der Waals surface area contributed by atoms with E-state index >= 15 is 0 Å². The molecule has 0 aromatic heterocycles. The summed E-state index contributed by atoms with van der Waals surface area (Å²) in [6, 6.07) is 0. The molecule has 0 heterocycles. The Morgan fingerprint density at radius 2 is 1.79 bits per heavy atom. The van der Waals surface area contributed by atoms with Crippen molar-refractivity contribution in [3.05, 3.63) is 12.2 Å². The Kier molecular flexibility index (Phi) is 5.99. The number of allylic oxidation sites excluding steroid dienone is 1. The molecule has 4 nitrogen and oxygen atoms in total. The van der Waals surface area contributed by atoms with Crippen molar-refractivity contribution in [1.29, 1.82) is 0 Å². The number of carbonyl (C=O) groups is 2. The molecule has 0 spiro atoms. The van der Waals surface area contributed by atoms with E-state index in [9.17, 15) is 9.59 Å². The highest BCUT2D eigenvalue weighted by Gasteiger charge is 2.55. The molecular weight excluding hydrogens is 352 g/mol. The topological polar surface area (TPSA) is 52.6 Å². The van der Waals surface area contributed by atoms with Crippen molar-refractivity contribution in [3.8, 4) is 0 Å². The van der Waals surface area contributed by atoms with E-state index in [4.69, 9.17) is 9.47 Å². The highest BCUT2D eigenvalue weighted by molar-refractivity contribution is 5.66. The minimum absolute atomic E-state index is 0.0541. The van der Waals surface area contributed by atoms with Gasteiger partial charge in [-0.05, 0) is 73.5 Å². The maximum absolute atomic E-state index is 11.5. The minimum atomic E-state index is -0.228. The van der Waals surface area contributed by atoms with Gasteiger partial charge in [-0.3, -0.25) is 9.59 Å². The van der Waals surface area contributed by atoms with Crippen LogP contribution in [-0.2, 0) is 19.1 Å². The molecule has 0 radical (unpaired) electrons. The standard InChI is InChI=1S/C24H38O4/c1-15-7-8-21-16(2)22(10-12-23(15,21)5)24(6)11-9-20(28-18(4)26)13-19(24)14-27-17(3)25/h16,19-22H,1,7-14H2,2-6H3/t16-,19+,20-,21-,22-,23+,24-/m0/s1. The highest BCUT2D eigenvalue weighted by atomic mass is 16.5. The molecule has 3 fully saturated rings. The third-order valence-electron chi connectivity index (χ3n) is 8.78. The summed E-state index contributed by atoms with van der Waals surface area (Å²) < 4.78 is 11.0. The first-order valence-corrected chi connectivity index (χ1v) is 11.1. The van der Waals surface area contributed by atoms with Gasteiger partial charge in [-0.25, -0.2) is 0 Å². The molecule has 0 unspecified atom stereocenters. The van der Waals surface area contributed by atoms with E-state index < -0.39 is 0 Å². The van der Waals surface area contributed by atoms with E-state index in [2.05, 4.69) is 27.4 Å². The number of rotatable bonds is 4. The van der Waals surface area contributed by atoms with Gasteiger partial charge in [-0.1, -0.05) is 32.9 Å². The molecule has 158 valence electrons. The Labute approximate surface area is 170 Å². The summed E-state index contributed by atoms with van der Waals surface area (Å²) in [7, 11) is 0. The fourth-order valence-electron chi connectivity index (χ4n) is 7.02. The van der Waals surface area contributed by atoms with Gasteiger partial charge in [0.15, 0.2) is 0 Å². The van der Waals surface area contributed by atoms with Crippen molar-refractivity contribution in [2.75, 3.05) is 6.61 Å². The van der Waals surface area contributed by atoms with Crippen LogP contribution in [0.15, 0.2) is 12.2 Å². The Bertz CT molecular complexity index is 641. The monoisotopic (exact) mass is 390 g/mol. The van der Waals surface area contributed by atoms with Crippen LogP contribution in [0.3, 0.4) is 0 Å². The fourth-order valence-corrected chi connectivity index (χ4v) is 7.02. The van der Waals surface area contributed by atoms with E-state index in [1.807, 2.05) is 0 Å². The second kappa shape index (κ2) is 7.84. The molecule has 7 atom stereocenters. The number of esters is 2. The van der Waals surface area contributed by atoms with Crippen molar-refractivity contribution in [3.63, 3.8) is 0 Å². The number of ether oxygens (including phenoxy) is 2. The number of fused-ring (bicyclic) bond motifs is 1. The van der Waals surface area contributed by atoms with Crippen LogP contribution in [0.25, 0.3) is 0 Å². The zero-order chi connectivity index (χ0) is 20.7. The maximum atomic E-state index is 11.5. The SMILES string of the molecule is C=C1CC[C@H]2[C@H](C)[C@@H]([C@@]3(C)CC[C@H](OC(C)=O)C[C@@H]3COC(C)=O)CC[C@]12C. The first-order valence-electron chi connectivity index (χ1n) is 11.1. The molecule has 0 N–H and O–H groups in total. The average Bonchev–Trinajstić information content (AvgIpc) is 2.91. The van der Waals surface area contributed by atoms with Crippen LogP contribution in [0, 0.1) is 34.5 Å². The van der Waals surface area contributed by atoms with Gasteiger partial charge in [0.2, 0.25) is 0 Å². The summed E-state index contributed by atoms with van der Waals surface area (Å²) >= 11 is 0. The van der Waals surface area contributed by atoms with E-state index in [0.29, 0.717) is 29.8 Å². The van der Waals surface area contributed by atoms with Crippen LogP contribution in [0.4, 0.5) is 0 Å². The van der Waals surface area contributed by atoms with Crippen LogP contribution in [0.2, 0.25) is 0 Å². The summed E-state index contributed by atoms with van der Waals surface area (Å²) in [5, 5.41) is 0. The Balaban J connectivity index is 1.81. The van der Waals surface area contributed by atoms with Gasteiger partial charge < -0.3 is 9.47 Å². The molecule has 28 heavy (non-hydrogen) atoms.